The summed E-state index contributed by atoms with van der Waals surface area (Å²) in [6.07, 6.45) is 1.36. The summed E-state index contributed by atoms with van der Waals surface area (Å²) in [4.78, 5) is 22.5. The first-order chi connectivity index (χ1) is 11.6. The molecule has 0 unspecified atom stereocenters. The Morgan fingerprint density at radius 3 is 2.38 bits per heavy atom. The minimum absolute atomic E-state index is 0.0293. The van der Waals surface area contributed by atoms with E-state index in [9.17, 15) is 9.59 Å². The SMILES string of the molecule is CCCC(=O)Nc1ccc(CNCc2cccc(C(=O)O)c2)cc1. The van der Waals surface area contributed by atoms with Crippen molar-refractivity contribution in [3.8, 4) is 0 Å². The van der Waals surface area contributed by atoms with Crippen molar-refractivity contribution in [2.45, 2.75) is 32.9 Å². The molecule has 2 aromatic carbocycles. The molecule has 0 saturated carbocycles. The van der Waals surface area contributed by atoms with Gasteiger partial charge in [-0.15, -0.1) is 0 Å². The molecule has 126 valence electrons. The number of carboxylic acid groups (broad SMARTS) is 1. The fourth-order valence-corrected chi connectivity index (χ4v) is 2.32. The number of hydrogen-bond donors (Lipinski definition) is 3. The second-order valence-electron chi connectivity index (χ2n) is 5.60. The largest absolute Gasteiger partial charge is 0.478 e. The zero-order valence-electron chi connectivity index (χ0n) is 13.7. The van der Waals surface area contributed by atoms with Crippen LogP contribution in [-0.2, 0) is 17.9 Å². The van der Waals surface area contributed by atoms with Gasteiger partial charge in [0.15, 0.2) is 0 Å². The van der Waals surface area contributed by atoms with Gasteiger partial charge in [-0.05, 0) is 41.8 Å². The third kappa shape index (κ3) is 5.52. The van der Waals surface area contributed by atoms with E-state index in [0.717, 1.165) is 23.2 Å². The summed E-state index contributed by atoms with van der Waals surface area (Å²) in [7, 11) is 0. The number of benzene rings is 2. The molecule has 0 heterocycles. The highest BCUT2D eigenvalue weighted by Crippen LogP contribution is 2.11. The van der Waals surface area contributed by atoms with Crippen LogP contribution >= 0.6 is 0 Å². The van der Waals surface area contributed by atoms with Gasteiger partial charge in [-0.1, -0.05) is 31.2 Å². The lowest BCUT2D eigenvalue weighted by Gasteiger charge is -2.08. The first-order valence-electron chi connectivity index (χ1n) is 8.00. The van der Waals surface area contributed by atoms with Gasteiger partial charge in [0.25, 0.3) is 0 Å². The molecule has 0 fully saturated rings. The maximum absolute atomic E-state index is 11.5. The number of anilines is 1. The standard InChI is InChI=1S/C19H22N2O3/c1-2-4-18(22)21-17-9-7-14(8-10-17)12-20-13-15-5-3-6-16(11-15)19(23)24/h3,5-11,20H,2,4,12-13H2,1H3,(H,21,22)(H,23,24). The van der Waals surface area contributed by atoms with Crippen molar-refractivity contribution in [3.05, 3.63) is 65.2 Å². The second-order valence-corrected chi connectivity index (χ2v) is 5.60. The molecule has 0 aliphatic rings. The first-order valence-corrected chi connectivity index (χ1v) is 8.00. The predicted octanol–water partition coefficient (Wildman–Crippen LogP) is 3.41. The maximum atomic E-state index is 11.5. The molecule has 0 bridgehead atoms. The van der Waals surface area contributed by atoms with E-state index in [1.54, 1.807) is 18.2 Å². The number of amides is 1. The lowest BCUT2D eigenvalue weighted by molar-refractivity contribution is -0.116. The van der Waals surface area contributed by atoms with Crippen molar-refractivity contribution in [3.63, 3.8) is 0 Å². The van der Waals surface area contributed by atoms with E-state index in [2.05, 4.69) is 10.6 Å². The summed E-state index contributed by atoms with van der Waals surface area (Å²) in [5.74, 6) is -0.890. The van der Waals surface area contributed by atoms with E-state index in [1.807, 2.05) is 37.3 Å². The molecule has 0 spiro atoms. The molecule has 0 radical (unpaired) electrons. The number of aromatic carboxylic acids is 1. The topological polar surface area (TPSA) is 78.4 Å². The number of rotatable bonds is 8. The Kier molecular flexibility index (Phi) is 6.51. The summed E-state index contributed by atoms with van der Waals surface area (Å²) in [5, 5.41) is 15.1. The number of carbonyl (C=O) groups is 2. The average molecular weight is 326 g/mol. The van der Waals surface area contributed by atoms with E-state index >= 15 is 0 Å². The minimum Gasteiger partial charge on any atom is -0.478 e. The zero-order valence-corrected chi connectivity index (χ0v) is 13.7. The van der Waals surface area contributed by atoms with Crippen LogP contribution in [0, 0.1) is 0 Å². The van der Waals surface area contributed by atoms with Crippen LogP contribution in [0.15, 0.2) is 48.5 Å². The van der Waals surface area contributed by atoms with Crippen LogP contribution in [-0.4, -0.2) is 17.0 Å². The summed E-state index contributed by atoms with van der Waals surface area (Å²) in [6, 6.07) is 14.6. The molecule has 0 aliphatic heterocycles. The summed E-state index contributed by atoms with van der Waals surface area (Å²) in [6.45, 7) is 3.23. The maximum Gasteiger partial charge on any atom is 0.335 e. The minimum atomic E-state index is -0.919. The van der Waals surface area contributed by atoms with Gasteiger partial charge >= 0.3 is 5.97 Å². The van der Waals surface area contributed by atoms with Crippen LogP contribution < -0.4 is 10.6 Å². The fourth-order valence-electron chi connectivity index (χ4n) is 2.32. The van der Waals surface area contributed by atoms with Crippen molar-refractivity contribution in [2.75, 3.05) is 5.32 Å². The summed E-state index contributed by atoms with van der Waals surface area (Å²) < 4.78 is 0. The van der Waals surface area contributed by atoms with Gasteiger partial charge in [0, 0.05) is 25.2 Å². The molecular formula is C19H22N2O3. The summed E-state index contributed by atoms with van der Waals surface area (Å²) in [5.41, 5.74) is 3.11. The lowest BCUT2D eigenvalue weighted by Crippen LogP contribution is -2.13. The van der Waals surface area contributed by atoms with Crippen molar-refractivity contribution in [1.82, 2.24) is 5.32 Å². The van der Waals surface area contributed by atoms with Crippen LogP contribution in [0.1, 0.15) is 41.3 Å². The molecule has 0 saturated heterocycles. The van der Waals surface area contributed by atoms with Gasteiger partial charge in [0.1, 0.15) is 0 Å². The van der Waals surface area contributed by atoms with E-state index in [1.165, 1.54) is 0 Å². The highest BCUT2D eigenvalue weighted by molar-refractivity contribution is 5.90. The van der Waals surface area contributed by atoms with E-state index < -0.39 is 5.97 Å². The van der Waals surface area contributed by atoms with E-state index in [0.29, 0.717) is 25.1 Å². The van der Waals surface area contributed by atoms with Gasteiger partial charge in [-0.2, -0.15) is 0 Å². The Labute approximate surface area is 141 Å². The smallest absolute Gasteiger partial charge is 0.335 e. The van der Waals surface area contributed by atoms with E-state index in [-0.39, 0.29) is 5.91 Å². The van der Waals surface area contributed by atoms with Crippen LogP contribution in [0.5, 0.6) is 0 Å². The molecule has 1 amide bonds. The molecule has 24 heavy (non-hydrogen) atoms. The highest BCUT2D eigenvalue weighted by Gasteiger charge is 2.03. The molecule has 0 aromatic heterocycles. The number of hydrogen-bond acceptors (Lipinski definition) is 3. The number of carbonyl (C=O) groups excluding carboxylic acids is 1. The normalized spacial score (nSPS) is 10.4. The Hall–Kier alpha value is -2.66. The molecule has 0 atom stereocenters. The first kappa shape index (κ1) is 17.7. The van der Waals surface area contributed by atoms with Gasteiger partial charge in [0.2, 0.25) is 5.91 Å². The summed E-state index contributed by atoms with van der Waals surface area (Å²) >= 11 is 0. The zero-order chi connectivity index (χ0) is 17.4. The van der Waals surface area contributed by atoms with Crippen LogP contribution in [0.25, 0.3) is 0 Å². The Bertz CT molecular complexity index is 696. The average Bonchev–Trinajstić information content (AvgIpc) is 2.57. The van der Waals surface area contributed by atoms with Gasteiger partial charge in [-0.3, -0.25) is 4.79 Å². The number of carboxylic acids is 1. The molecule has 5 heteroatoms. The van der Waals surface area contributed by atoms with Gasteiger partial charge < -0.3 is 15.7 Å². The third-order valence-corrected chi connectivity index (χ3v) is 3.55. The lowest BCUT2D eigenvalue weighted by atomic mass is 10.1. The van der Waals surface area contributed by atoms with Crippen molar-refractivity contribution < 1.29 is 14.7 Å². The van der Waals surface area contributed by atoms with Crippen LogP contribution in [0.4, 0.5) is 5.69 Å². The van der Waals surface area contributed by atoms with Crippen molar-refractivity contribution in [1.29, 1.82) is 0 Å². The molecule has 0 aliphatic carbocycles. The fraction of sp³-hybridized carbons (Fsp3) is 0.263. The number of nitrogens with one attached hydrogen (secondary N) is 2. The Morgan fingerprint density at radius 1 is 1.00 bits per heavy atom. The Balaban J connectivity index is 1.83. The molecule has 2 rings (SSSR count). The van der Waals surface area contributed by atoms with Gasteiger partial charge in [-0.25, -0.2) is 4.79 Å². The quantitative estimate of drug-likeness (QED) is 0.694. The van der Waals surface area contributed by atoms with Gasteiger partial charge in [0.05, 0.1) is 5.56 Å². The second kappa shape index (κ2) is 8.84. The van der Waals surface area contributed by atoms with E-state index in [4.69, 9.17) is 5.11 Å². The van der Waals surface area contributed by atoms with Crippen molar-refractivity contribution in [2.24, 2.45) is 0 Å². The van der Waals surface area contributed by atoms with Crippen LogP contribution in [0.2, 0.25) is 0 Å². The molecular weight excluding hydrogens is 304 g/mol. The molecule has 5 nitrogen and oxygen atoms in total. The Morgan fingerprint density at radius 2 is 1.71 bits per heavy atom. The van der Waals surface area contributed by atoms with Crippen molar-refractivity contribution >= 4 is 17.6 Å². The monoisotopic (exact) mass is 326 g/mol. The van der Waals surface area contributed by atoms with Crippen LogP contribution in [0.3, 0.4) is 0 Å². The predicted molar refractivity (Wildman–Crippen MR) is 93.9 cm³/mol. The third-order valence-electron chi connectivity index (χ3n) is 3.55. The molecule has 3 N–H and O–H groups in total. The molecule has 2 aromatic rings. The highest BCUT2D eigenvalue weighted by atomic mass is 16.4.